The maximum Gasteiger partial charge on any atom is 0.317 e. The van der Waals surface area contributed by atoms with E-state index in [0.717, 1.165) is 25.9 Å². The summed E-state index contributed by atoms with van der Waals surface area (Å²) in [7, 11) is 0. The molecule has 0 amide bonds. The van der Waals surface area contributed by atoms with E-state index in [1.165, 1.54) is 13.0 Å². The first-order chi connectivity index (χ1) is 15.0. The topological polar surface area (TPSA) is 73.3 Å². The minimum Gasteiger partial charge on any atom is -0.489 e. The van der Waals surface area contributed by atoms with E-state index < -0.39 is 17.3 Å². The third-order valence-electron chi connectivity index (χ3n) is 6.63. The fourth-order valence-electron chi connectivity index (χ4n) is 4.28. The van der Waals surface area contributed by atoms with Crippen LogP contribution < -0.4 is 9.64 Å². The van der Waals surface area contributed by atoms with Crippen LogP contribution in [0, 0.1) is 5.82 Å². The van der Waals surface area contributed by atoms with Gasteiger partial charge in [0.25, 0.3) is 0 Å². The number of carboxylic acids is 1. The summed E-state index contributed by atoms with van der Waals surface area (Å²) in [6.07, 6.45) is 1.96. The van der Waals surface area contributed by atoms with Crippen LogP contribution in [0.15, 0.2) is 18.2 Å². The summed E-state index contributed by atoms with van der Waals surface area (Å²) in [4.78, 5) is 29.4. The van der Waals surface area contributed by atoms with E-state index in [-0.39, 0.29) is 23.6 Å². The van der Waals surface area contributed by atoms with Gasteiger partial charge in [0.05, 0.1) is 22.6 Å². The van der Waals surface area contributed by atoms with E-state index in [1.54, 1.807) is 37.8 Å². The molecule has 1 saturated heterocycles. The van der Waals surface area contributed by atoms with Crippen molar-refractivity contribution in [3.63, 3.8) is 0 Å². The molecule has 1 saturated carbocycles. The fourth-order valence-corrected chi connectivity index (χ4v) is 4.61. The standard InChI is InChI=1S/C23H32FN3O4S/c1-16(28)22(3,4)27(17(2)32)18-5-6-20(19(24)13-18)31-15-23(7-8-23)26-11-9-25(10-12-26)14-21(29)30/h5-6,13H,7-12,14-15H2,1-4H3,(H,29,30). The second kappa shape index (κ2) is 9.41. The molecule has 1 heterocycles. The molecule has 3 rings (SSSR count). The molecule has 9 heteroatoms. The Kier molecular flexibility index (Phi) is 7.21. The summed E-state index contributed by atoms with van der Waals surface area (Å²) in [5, 5.41) is 8.96. The Morgan fingerprint density at radius 2 is 1.84 bits per heavy atom. The number of piperazine rings is 1. The number of ether oxygens (including phenoxy) is 1. The van der Waals surface area contributed by atoms with Crippen LogP contribution in [0.1, 0.15) is 40.5 Å². The Morgan fingerprint density at radius 1 is 1.22 bits per heavy atom. The van der Waals surface area contributed by atoms with Gasteiger partial charge in [-0.05, 0) is 52.7 Å². The molecule has 0 atom stereocenters. The zero-order valence-corrected chi connectivity index (χ0v) is 20.0. The largest absolute Gasteiger partial charge is 0.489 e. The minimum absolute atomic E-state index is 0.0630. The molecule has 0 bridgehead atoms. The molecule has 176 valence electrons. The lowest BCUT2D eigenvalue weighted by Gasteiger charge is -2.39. The summed E-state index contributed by atoms with van der Waals surface area (Å²) < 4.78 is 20.8. The first kappa shape index (κ1) is 24.5. The van der Waals surface area contributed by atoms with Gasteiger partial charge in [-0.3, -0.25) is 19.4 Å². The van der Waals surface area contributed by atoms with Crippen LogP contribution in [-0.2, 0) is 9.59 Å². The van der Waals surface area contributed by atoms with E-state index >= 15 is 0 Å². The Labute approximate surface area is 194 Å². The Morgan fingerprint density at radius 3 is 2.31 bits per heavy atom. The minimum atomic E-state index is -0.887. The normalized spacial score (nSPS) is 18.8. The van der Waals surface area contributed by atoms with E-state index in [1.807, 2.05) is 4.90 Å². The van der Waals surface area contributed by atoms with Gasteiger partial charge in [-0.2, -0.15) is 0 Å². The zero-order chi connectivity index (χ0) is 23.7. The highest BCUT2D eigenvalue weighted by Crippen LogP contribution is 2.43. The van der Waals surface area contributed by atoms with Crippen LogP contribution >= 0.6 is 12.2 Å². The number of hydrogen-bond acceptors (Lipinski definition) is 6. The number of carbonyl (C=O) groups is 2. The van der Waals surface area contributed by atoms with Gasteiger partial charge in [0.15, 0.2) is 17.3 Å². The molecule has 7 nitrogen and oxygen atoms in total. The summed E-state index contributed by atoms with van der Waals surface area (Å²) in [6.45, 7) is 10.2. The molecule has 1 aromatic carbocycles. The van der Waals surface area contributed by atoms with Crippen LogP contribution in [0.5, 0.6) is 5.75 Å². The van der Waals surface area contributed by atoms with Gasteiger partial charge in [-0.1, -0.05) is 12.2 Å². The molecule has 1 aromatic rings. The van der Waals surface area contributed by atoms with Gasteiger partial charge >= 0.3 is 5.97 Å². The number of carbonyl (C=O) groups excluding carboxylic acids is 1. The van der Waals surface area contributed by atoms with E-state index in [2.05, 4.69) is 4.90 Å². The number of carboxylic acid groups (broad SMARTS) is 1. The second-order valence-corrected chi connectivity index (χ2v) is 9.85. The van der Waals surface area contributed by atoms with E-state index in [9.17, 15) is 14.0 Å². The van der Waals surface area contributed by atoms with Crippen LogP contribution in [0.2, 0.25) is 0 Å². The molecule has 32 heavy (non-hydrogen) atoms. The van der Waals surface area contributed by atoms with Crippen molar-refractivity contribution >= 4 is 34.6 Å². The quantitative estimate of drug-likeness (QED) is 0.558. The number of halogens is 1. The Hall–Kier alpha value is -2.10. The second-order valence-electron chi connectivity index (χ2n) is 9.25. The average Bonchev–Trinajstić information content (AvgIpc) is 3.48. The summed E-state index contributed by atoms with van der Waals surface area (Å²) >= 11 is 5.33. The Bertz CT molecular complexity index is 895. The highest BCUT2D eigenvalue weighted by Gasteiger charge is 2.49. The number of Topliss-reactive ketones (excluding diaryl/α,β-unsaturated/α-hetero) is 1. The third-order valence-corrected chi connectivity index (χ3v) is 6.82. The first-order valence-electron chi connectivity index (χ1n) is 10.9. The van der Waals surface area contributed by atoms with Crippen molar-refractivity contribution in [1.82, 2.24) is 9.80 Å². The predicted octanol–water partition coefficient (Wildman–Crippen LogP) is 2.96. The summed E-state index contributed by atoms with van der Waals surface area (Å²) in [5.41, 5.74) is -0.478. The lowest BCUT2D eigenvalue weighted by molar-refractivity contribution is -0.138. The smallest absolute Gasteiger partial charge is 0.317 e. The SMILES string of the molecule is CC(=O)C(C)(C)N(C(C)=S)c1ccc(OCC2(N3CCN(CC(=O)O)CC3)CC2)c(F)c1. The molecule has 1 N–H and O–H groups in total. The number of thiocarbonyl (C=S) groups is 1. The average molecular weight is 466 g/mol. The van der Waals surface area contributed by atoms with Crippen LogP contribution in [0.3, 0.4) is 0 Å². The lowest BCUT2D eigenvalue weighted by atomic mass is 9.96. The molecule has 1 aliphatic heterocycles. The van der Waals surface area contributed by atoms with E-state index in [4.69, 9.17) is 22.1 Å². The molecule has 2 aliphatic rings. The van der Waals surface area contributed by atoms with Crippen molar-refractivity contribution in [2.75, 3.05) is 44.2 Å². The molecule has 2 fully saturated rings. The van der Waals surface area contributed by atoms with Crippen molar-refractivity contribution in [3.05, 3.63) is 24.0 Å². The molecule has 0 spiro atoms. The maximum atomic E-state index is 14.9. The van der Waals surface area contributed by atoms with Gasteiger partial charge in [0, 0.05) is 37.9 Å². The van der Waals surface area contributed by atoms with E-state index in [0.29, 0.717) is 30.4 Å². The third kappa shape index (κ3) is 5.27. The Balaban J connectivity index is 1.65. The highest BCUT2D eigenvalue weighted by molar-refractivity contribution is 7.80. The number of rotatable bonds is 9. The highest BCUT2D eigenvalue weighted by atomic mass is 32.1. The van der Waals surface area contributed by atoms with Crippen molar-refractivity contribution in [3.8, 4) is 5.75 Å². The van der Waals surface area contributed by atoms with Crippen LogP contribution in [0.25, 0.3) is 0 Å². The molecular formula is C23H32FN3O4S. The number of benzene rings is 1. The summed E-state index contributed by atoms with van der Waals surface area (Å²) in [6, 6.07) is 4.68. The number of aliphatic carboxylic acids is 1. The van der Waals surface area contributed by atoms with Crippen molar-refractivity contribution in [1.29, 1.82) is 0 Å². The van der Waals surface area contributed by atoms with Crippen LogP contribution in [-0.4, -0.2) is 82.1 Å². The number of nitrogens with zero attached hydrogens (tertiary/aromatic N) is 3. The van der Waals surface area contributed by atoms with Crippen molar-refractivity contribution in [2.45, 2.75) is 51.6 Å². The number of ketones is 1. The number of hydrogen-bond donors (Lipinski definition) is 1. The monoisotopic (exact) mass is 465 g/mol. The maximum absolute atomic E-state index is 14.9. The molecule has 0 aromatic heterocycles. The van der Waals surface area contributed by atoms with Crippen LogP contribution in [0.4, 0.5) is 10.1 Å². The lowest BCUT2D eigenvalue weighted by Crippen LogP contribution is -2.54. The van der Waals surface area contributed by atoms with Crippen molar-refractivity contribution in [2.24, 2.45) is 0 Å². The van der Waals surface area contributed by atoms with Crippen molar-refractivity contribution < 1.29 is 23.8 Å². The molecule has 0 radical (unpaired) electrons. The van der Waals surface area contributed by atoms with Gasteiger partial charge in [-0.15, -0.1) is 0 Å². The zero-order valence-electron chi connectivity index (χ0n) is 19.2. The number of anilines is 1. The summed E-state index contributed by atoms with van der Waals surface area (Å²) in [5.74, 6) is -1.20. The van der Waals surface area contributed by atoms with Gasteiger partial charge in [0.1, 0.15) is 6.61 Å². The van der Waals surface area contributed by atoms with Gasteiger partial charge in [0.2, 0.25) is 0 Å². The molecule has 0 unspecified atom stereocenters. The predicted molar refractivity (Wildman–Crippen MR) is 125 cm³/mol. The first-order valence-corrected chi connectivity index (χ1v) is 11.3. The van der Waals surface area contributed by atoms with Gasteiger partial charge < -0.3 is 14.7 Å². The fraction of sp³-hybridized carbons (Fsp3) is 0.609. The molecular weight excluding hydrogens is 433 g/mol. The van der Waals surface area contributed by atoms with Gasteiger partial charge in [-0.25, -0.2) is 4.39 Å². The molecule has 1 aliphatic carbocycles.